The Bertz CT molecular complexity index is 4.14. The zero-order valence-corrected chi connectivity index (χ0v) is 4.87. The number of hydrogen-bond donors (Lipinski definition) is 0. The first-order valence-corrected chi connectivity index (χ1v) is 0. The standard InChI is InChI=1S/6H2O.Pd/h6*1H2;. The van der Waals surface area contributed by atoms with Crippen LogP contribution in [0.3, 0.4) is 0 Å². The molecule has 58 valence electrons. The molecule has 0 aliphatic rings. The van der Waals surface area contributed by atoms with Crippen molar-refractivity contribution >= 4 is 0 Å². The largest absolute Gasteiger partial charge is 0.412 e. The predicted molar refractivity (Wildman–Crippen MR) is 21.7 cm³/mol. The van der Waals surface area contributed by atoms with Gasteiger partial charge in [0.25, 0.3) is 0 Å². The van der Waals surface area contributed by atoms with Crippen molar-refractivity contribution in [1.82, 2.24) is 0 Å². The zero-order valence-electron chi connectivity index (χ0n) is 3.32. The molecule has 6 nitrogen and oxygen atoms in total. The van der Waals surface area contributed by atoms with Gasteiger partial charge in [0, 0.05) is 20.4 Å². The van der Waals surface area contributed by atoms with Crippen LogP contribution in [0.15, 0.2) is 0 Å². The van der Waals surface area contributed by atoms with Crippen molar-refractivity contribution < 1.29 is 53.3 Å². The molecule has 0 bridgehead atoms. The third-order valence-corrected chi connectivity index (χ3v) is 0. The smallest absolute Gasteiger partial charge is 0 e. The fourth-order valence-corrected chi connectivity index (χ4v) is 0. The van der Waals surface area contributed by atoms with Gasteiger partial charge in [-0.15, -0.1) is 0 Å². The fraction of sp³-hybridized carbons (Fsp3) is 0. The van der Waals surface area contributed by atoms with E-state index in [1.807, 2.05) is 0 Å². The molecule has 0 saturated carbocycles. The maximum absolute atomic E-state index is 0. The average molecular weight is 215 g/mol. The van der Waals surface area contributed by atoms with Gasteiger partial charge < -0.3 is 32.9 Å². The van der Waals surface area contributed by atoms with Crippen LogP contribution in [0.5, 0.6) is 0 Å². The van der Waals surface area contributed by atoms with Gasteiger partial charge in [-0.3, -0.25) is 0 Å². The van der Waals surface area contributed by atoms with Crippen molar-refractivity contribution in [3.8, 4) is 0 Å². The van der Waals surface area contributed by atoms with E-state index < -0.39 is 0 Å². The van der Waals surface area contributed by atoms with Crippen LogP contribution in [-0.2, 0) is 20.4 Å². The van der Waals surface area contributed by atoms with Gasteiger partial charge in [-0.2, -0.15) is 0 Å². The average Bonchev–Trinajstić information content (AvgIpc) is 0. The summed E-state index contributed by atoms with van der Waals surface area (Å²) in [5.74, 6) is 0. The summed E-state index contributed by atoms with van der Waals surface area (Å²) in [6, 6.07) is 0. The van der Waals surface area contributed by atoms with Crippen LogP contribution >= 0.6 is 0 Å². The fourth-order valence-electron chi connectivity index (χ4n) is 0. The van der Waals surface area contributed by atoms with Crippen molar-refractivity contribution in [2.24, 2.45) is 0 Å². The van der Waals surface area contributed by atoms with E-state index in [9.17, 15) is 0 Å². The van der Waals surface area contributed by atoms with Gasteiger partial charge in [0.15, 0.2) is 0 Å². The van der Waals surface area contributed by atoms with Crippen LogP contribution < -0.4 is 0 Å². The molecule has 0 aliphatic heterocycles. The van der Waals surface area contributed by atoms with Crippen LogP contribution in [0.4, 0.5) is 0 Å². The van der Waals surface area contributed by atoms with Gasteiger partial charge in [-0.05, 0) is 0 Å². The van der Waals surface area contributed by atoms with Crippen molar-refractivity contribution in [3.63, 3.8) is 0 Å². The Balaban J connectivity index is 0. The van der Waals surface area contributed by atoms with E-state index in [2.05, 4.69) is 0 Å². The summed E-state index contributed by atoms with van der Waals surface area (Å²) in [5, 5.41) is 0. The molecule has 0 saturated heterocycles. The van der Waals surface area contributed by atoms with Crippen LogP contribution in [0.2, 0.25) is 0 Å². The van der Waals surface area contributed by atoms with Gasteiger partial charge in [-0.25, -0.2) is 0 Å². The minimum absolute atomic E-state index is 0. The Kier molecular flexibility index (Phi) is 260000. The molecule has 12 N–H and O–H groups in total. The van der Waals surface area contributed by atoms with Crippen molar-refractivity contribution in [3.05, 3.63) is 0 Å². The molecular weight excluding hydrogens is 202 g/mol. The maximum Gasteiger partial charge on any atom is 0 e. The first-order chi connectivity index (χ1) is 0. The minimum Gasteiger partial charge on any atom is -0.412 e. The second-order valence-corrected chi connectivity index (χ2v) is 0. The summed E-state index contributed by atoms with van der Waals surface area (Å²) in [5.41, 5.74) is 0. The Labute approximate surface area is 54.0 Å². The van der Waals surface area contributed by atoms with E-state index >= 15 is 0 Å². The molecule has 0 atom stereocenters. The van der Waals surface area contributed by atoms with Gasteiger partial charge in [0.2, 0.25) is 0 Å². The summed E-state index contributed by atoms with van der Waals surface area (Å²) in [6.45, 7) is 0. The van der Waals surface area contributed by atoms with Gasteiger partial charge in [0.1, 0.15) is 0 Å². The molecule has 0 amide bonds. The maximum atomic E-state index is 0. The summed E-state index contributed by atoms with van der Waals surface area (Å²) < 4.78 is 0. The summed E-state index contributed by atoms with van der Waals surface area (Å²) >= 11 is 0. The Morgan fingerprint density at radius 1 is 0.286 bits per heavy atom. The van der Waals surface area contributed by atoms with Crippen LogP contribution in [0.25, 0.3) is 0 Å². The predicted octanol–water partition coefficient (Wildman–Crippen LogP) is -4.95. The molecule has 0 rings (SSSR count). The second kappa shape index (κ2) is 1060. The van der Waals surface area contributed by atoms with Gasteiger partial charge in [-0.1, -0.05) is 0 Å². The molecule has 0 aromatic rings. The van der Waals surface area contributed by atoms with E-state index in [1.165, 1.54) is 0 Å². The van der Waals surface area contributed by atoms with E-state index in [4.69, 9.17) is 0 Å². The summed E-state index contributed by atoms with van der Waals surface area (Å²) in [6.07, 6.45) is 0. The van der Waals surface area contributed by atoms with Gasteiger partial charge in [0.05, 0.1) is 0 Å². The molecule has 0 aromatic heterocycles. The van der Waals surface area contributed by atoms with Crippen molar-refractivity contribution in [2.45, 2.75) is 0 Å². The Hall–Kier alpha value is 0.422. The molecule has 0 heterocycles. The van der Waals surface area contributed by atoms with E-state index in [0.717, 1.165) is 0 Å². The first-order valence-electron chi connectivity index (χ1n) is 0. The third kappa shape index (κ3) is 704. The van der Waals surface area contributed by atoms with E-state index in [0.29, 0.717) is 0 Å². The molecule has 0 spiro atoms. The normalized spacial score (nSPS) is 0. The quantitative estimate of drug-likeness (QED) is 0.349. The van der Waals surface area contributed by atoms with Gasteiger partial charge >= 0.3 is 0 Å². The summed E-state index contributed by atoms with van der Waals surface area (Å²) in [4.78, 5) is 0. The van der Waals surface area contributed by atoms with E-state index in [1.54, 1.807) is 0 Å². The van der Waals surface area contributed by atoms with Crippen molar-refractivity contribution in [2.75, 3.05) is 0 Å². The second-order valence-electron chi connectivity index (χ2n) is 0. The third-order valence-electron chi connectivity index (χ3n) is 0. The number of hydrogen-bond acceptors (Lipinski definition) is 0. The van der Waals surface area contributed by atoms with Crippen LogP contribution in [0.1, 0.15) is 0 Å². The molecule has 0 fully saturated rings. The Morgan fingerprint density at radius 2 is 0.286 bits per heavy atom. The van der Waals surface area contributed by atoms with Crippen LogP contribution in [0, 0.1) is 0 Å². The zero-order chi connectivity index (χ0) is 0. The monoisotopic (exact) mass is 214 g/mol. The SMILES string of the molecule is O.O.O.O.O.O.[Pd]. The molecular formula is H12O6Pd. The molecule has 0 radical (unpaired) electrons. The summed E-state index contributed by atoms with van der Waals surface area (Å²) in [7, 11) is 0. The molecule has 0 aromatic carbocycles. The molecule has 0 aliphatic carbocycles. The Morgan fingerprint density at radius 3 is 0.286 bits per heavy atom. The first kappa shape index (κ1) is 1720. The topological polar surface area (TPSA) is 189 Å². The molecule has 7 heteroatoms. The minimum atomic E-state index is 0. The van der Waals surface area contributed by atoms with Crippen molar-refractivity contribution in [1.29, 1.82) is 0 Å². The van der Waals surface area contributed by atoms with E-state index in [-0.39, 0.29) is 53.3 Å². The molecule has 7 heavy (non-hydrogen) atoms. The molecule has 0 unspecified atom stereocenters. The number of rotatable bonds is 0. The van der Waals surface area contributed by atoms with Crippen LogP contribution in [-0.4, -0.2) is 32.9 Å².